The quantitative estimate of drug-likeness (QED) is 0.170. The molecule has 0 amide bonds. The molecule has 0 aliphatic rings. The lowest BCUT2D eigenvalue weighted by molar-refractivity contribution is 0.602. The summed E-state index contributed by atoms with van der Waals surface area (Å²) in [7, 11) is 1.98. The second-order valence-corrected chi connectivity index (χ2v) is 10.9. The second kappa shape index (κ2) is 15.1. The largest absolute Gasteiger partial charge is 0.461 e. The highest BCUT2D eigenvalue weighted by Crippen LogP contribution is 2.16. The van der Waals surface area contributed by atoms with E-state index in [0.717, 1.165) is 48.0 Å². The minimum Gasteiger partial charge on any atom is -0.461 e. The van der Waals surface area contributed by atoms with Crippen molar-refractivity contribution >= 4 is 76.3 Å². The van der Waals surface area contributed by atoms with Gasteiger partial charge in [0, 0.05) is 43.3 Å². The summed E-state index contributed by atoms with van der Waals surface area (Å²) in [4.78, 5) is 40.3. The van der Waals surface area contributed by atoms with Crippen molar-refractivity contribution in [2.45, 2.75) is 0 Å². The Kier molecular flexibility index (Phi) is 9.84. The van der Waals surface area contributed by atoms with E-state index in [4.69, 9.17) is 8.83 Å². The van der Waals surface area contributed by atoms with E-state index in [9.17, 15) is 0 Å². The molecular weight excluding hydrogens is 623 g/mol. The van der Waals surface area contributed by atoms with Crippen LogP contribution in [0.15, 0.2) is 131 Å². The van der Waals surface area contributed by atoms with Crippen molar-refractivity contribution < 1.29 is 8.83 Å². The summed E-state index contributed by atoms with van der Waals surface area (Å²) >= 11 is 3.30. The van der Waals surface area contributed by atoms with E-state index in [2.05, 4.69) is 49.8 Å². The van der Waals surface area contributed by atoms with Gasteiger partial charge in [0.15, 0.2) is 5.58 Å². The summed E-state index contributed by atoms with van der Waals surface area (Å²) in [5, 5.41) is 6.10. The van der Waals surface area contributed by atoms with E-state index in [0.29, 0.717) is 5.71 Å². The highest BCUT2D eigenvalue weighted by Gasteiger charge is 1.96. The van der Waals surface area contributed by atoms with Gasteiger partial charge in [-0.15, -0.1) is 22.7 Å². The molecule has 0 aliphatic carbocycles. The molecule has 13 nitrogen and oxygen atoms in total. The summed E-state index contributed by atoms with van der Waals surface area (Å²) in [6.45, 7) is 0. The second-order valence-electron chi connectivity index (χ2n) is 9.01. The molecular formula is C31H23N11O2S2. The van der Waals surface area contributed by atoms with Crippen molar-refractivity contribution in [3.63, 3.8) is 0 Å². The fourth-order valence-corrected chi connectivity index (χ4v) is 5.27. The molecule has 226 valence electrons. The van der Waals surface area contributed by atoms with Crippen LogP contribution in [-0.4, -0.2) is 54.4 Å². The van der Waals surface area contributed by atoms with Gasteiger partial charge in [-0.1, -0.05) is 0 Å². The first-order valence-electron chi connectivity index (χ1n) is 13.5. The van der Waals surface area contributed by atoms with Gasteiger partial charge in [0.25, 0.3) is 0 Å². The summed E-state index contributed by atoms with van der Waals surface area (Å²) < 4.78 is 13.1. The monoisotopic (exact) mass is 645 g/mol. The fourth-order valence-electron chi connectivity index (χ4n) is 3.85. The van der Waals surface area contributed by atoms with Crippen LogP contribution in [0.3, 0.4) is 0 Å². The Morgan fingerprint density at radius 3 is 2.07 bits per heavy atom. The molecule has 0 N–H and O–H groups in total. The van der Waals surface area contributed by atoms with Crippen LogP contribution in [0.2, 0.25) is 0 Å². The van der Waals surface area contributed by atoms with Gasteiger partial charge in [0.1, 0.15) is 42.0 Å². The minimum atomic E-state index is 0.644. The number of furan rings is 2. The topological polar surface area (TPSA) is 160 Å². The molecule has 0 aromatic carbocycles. The molecule has 0 bridgehead atoms. The van der Waals surface area contributed by atoms with E-state index >= 15 is 0 Å². The lowest BCUT2D eigenvalue weighted by atomic mass is 10.4. The van der Waals surface area contributed by atoms with Crippen molar-refractivity contribution in [1.82, 2.24) is 54.4 Å². The number of hydrogen-bond donors (Lipinski definition) is 0. The Morgan fingerprint density at radius 1 is 0.565 bits per heavy atom. The Balaban J connectivity index is 0.000000101. The Morgan fingerprint density at radius 2 is 1.26 bits per heavy atom. The van der Waals surface area contributed by atoms with Crippen LogP contribution in [0.1, 0.15) is 0 Å². The number of aromatic nitrogens is 11. The lowest BCUT2D eigenvalue weighted by Crippen LogP contribution is -1.84. The molecule has 0 unspecified atom stereocenters. The van der Waals surface area contributed by atoms with E-state index in [-0.39, 0.29) is 0 Å². The Labute approximate surface area is 268 Å². The molecule has 0 spiro atoms. The molecule has 0 atom stereocenters. The van der Waals surface area contributed by atoms with Gasteiger partial charge in [0.2, 0.25) is 5.71 Å². The predicted molar refractivity (Wildman–Crippen MR) is 177 cm³/mol. The van der Waals surface area contributed by atoms with Crippen LogP contribution in [0.4, 0.5) is 0 Å². The molecule has 10 aromatic heterocycles. The summed E-state index contributed by atoms with van der Waals surface area (Å²) in [5.74, 6) is 0. The van der Waals surface area contributed by atoms with Gasteiger partial charge in [-0.3, -0.25) is 0 Å². The maximum Gasteiger partial charge on any atom is 0.228 e. The van der Waals surface area contributed by atoms with Crippen LogP contribution in [-0.2, 0) is 7.05 Å². The Bertz CT molecular complexity index is 2010. The smallest absolute Gasteiger partial charge is 0.228 e. The first-order valence-corrected chi connectivity index (χ1v) is 15.2. The normalized spacial score (nSPS) is 10.3. The lowest BCUT2D eigenvalue weighted by Gasteiger charge is -1.90. The number of rotatable bonds is 0. The molecule has 0 aliphatic heterocycles. The summed E-state index contributed by atoms with van der Waals surface area (Å²) in [5.41, 5.74) is 5.34. The third-order valence-corrected chi connectivity index (χ3v) is 7.75. The van der Waals surface area contributed by atoms with Gasteiger partial charge >= 0.3 is 0 Å². The average Bonchev–Trinajstić information content (AvgIpc) is 3.96. The van der Waals surface area contributed by atoms with Gasteiger partial charge in [-0.25, -0.2) is 49.8 Å². The third kappa shape index (κ3) is 7.71. The van der Waals surface area contributed by atoms with E-state index in [1.54, 1.807) is 72.6 Å². The summed E-state index contributed by atoms with van der Waals surface area (Å²) in [6, 6.07) is 9.60. The van der Waals surface area contributed by atoms with Crippen LogP contribution >= 0.6 is 22.7 Å². The number of nitrogens with zero attached hydrogens (tertiary/aromatic N) is 11. The molecule has 10 rings (SSSR count). The van der Waals surface area contributed by atoms with Gasteiger partial charge in [-0.2, -0.15) is 0 Å². The maximum absolute atomic E-state index is 4.99. The van der Waals surface area contributed by atoms with Crippen molar-refractivity contribution in [2.24, 2.45) is 7.05 Å². The van der Waals surface area contributed by atoms with Crippen molar-refractivity contribution in [3.8, 4) is 0 Å². The predicted octanol–water partition coefficient (Wildman–Crippen LogP) is 6.80. The average molecular weight is 646 g/mol. The molecule has 0 saturated heterocycles. The number of hydrogen-bond acceptors (Lipinski definition) is 14. The number of aryl methyl sites for hydroxylation is 1. The first kappa shape index (κ1) is 30.0. The van der Waals surface area contributed by atoms with Crippen LogP contribution in [0.5, 0.6) is 0 Å². The third-order valence-electron chi connectivity index (χ3n) is 6.08. The molecule has 0 fully saturated rings. The molecule has 0 saturated carbocycles. The van der Waals surface area contributed by atoms with Crippen molar-refractivity contribution in [1.29, 1.82) is 0 Å². The number of thiophene rings is 2. The maximum atomic E-state index is 4.99. The highest BCUT2D eigenvalue weighted by molar-refractivity contribution is 7.17. The van der Waals surface area contributed by atoms with Crippen molar-refractivity contribution in [2.75, 3.05) is 0 Å². The molecule has 15 heteroatoms. The van der Waals surface area contributed by atoms with Crippen LogP contribution in [0, 0.1) is 0 Å². The molecule has 10 heterocycles. The summed E-state index contributed by atoms with van der Waals surface area (Å²) in [6.07, 6.45) is 21.6. The SMILES string of the molecule is Cn1ccc2ncncc21.c1ncc2ccoc2n1.c1ncc2ccsc2n1.c1ncc2occc2n1.c1ncc2sccc2n1. The van der Waals surface area contributed by atoms with Crippen LogP contribution < -0.4 is 0 Å². The van der Waals surface area contributed by atoms with Crippen LogP contribution in [0.25, 0.3) is 53.7 Å². The Hall–Kier alpha value is -6.06. The molecule has 0 radical (unpaired) electrons. The zero-order valence-electron chi connectivity index (χ0n) is 24.1. The van der Waals surface area contributed by atoms with Gasteiger partial charge < -0.3 is 13.4 Å². The zero-order valence-corrected chi connectivity index (χ0v) is 25.7. The molecule has 10 aromatic rings. The fraction of sp³-hybridized carbons (Fsp3) is 0.0323. The standard InChI is InChI=1S/C7H7N3.2C6H4N2O.2C6H4N2S/c1-10-3-2-6-7(10)4-8-5-9-6;1-2-9-6-3-7-4-8-5(1)6;1-2-9-6-5(1)3-7-4-8-6;1-2-9-6-3-7-4-8-5(1)6;1-2-9-6-5(1)3-7-4-8-6/h2-5H,1H3;4*1-4H. The van der Waals surface area contributed by atoms with Crippen molar-refractivity contribution in [3.05, 3.63) is 122 Å². The zero-order chi connectivity index (χ0) is 31.4. The van der Waals surface area contributed by atoms with Gasteiger partial charge in [-0.05, 0) is 35.0 Å². The number of fused-ring (bicyclic) bond motifs is 5. The van der Waals surface area contributed by atoms with E-state index < -0.39 is 0 Å². The van der Waals surface area contributed by atoms with E-state index in [1.165, 1.54) is 12.7 Å². The minimum absolute atomic E-state index is 0.644. The highest BCUT2D eigenvalue weighted by atomic mass is 32.1. The van der Waals surface area contributed by atoms with E-state index in [1.807, 2.05) is 71.4 Å². The first-order chi connectivity index (χ1) is 22.7. The molecule has 46 heavy (non-hydrogen) atoms. The van der Waals surface area contributed by atoms with Gasteiger partial charge in [0.05, 0.1) is 51.6 Å².